The fourth-order valence-corrected chi connectivity index (χ4v) is 3.09. The minimum absolute atomic E-state index is 0.0178. The summed E-state index contributed by atoms with van der Waals surface area (Å²) < 4.78 is 10.6. The van der Waals surface area contributed by atoms with E-state index in [4.69, 9.17) is 21.1 Å². The molecule has 0 unspecified atom stereocenters. The summed E-state index contributed by atoms with van der Waals surface area (Å²) in [6.45, 7) is 5.31. The van der Waals surface area contributed by atoms with Crippen LogP contribution in [0.15, 0.2) is 42.5 Å². The zero-order valence-corrected chi connectivity index (χ0v) is 19.8. The Balaban J connectivity index is 2.19. The number of carbonyl (C=O) groups is 2. The Kier molecular flexibility index (Phi) is 9.47. The number of rotatable bonds is 11. The first-order valence-corrected chi connectivity index (χ1v) is 10.8. The van der Waals surface area contributed by atoms with Crippen LogP contribution in [0.2, 0.25) is 5.02 Å². The molecular weight excluding hydrogens is 450 g/mol. The third kappa shape index (κ3) is 7.35. The van der Waals surface area contributed by atoms with Crippen LogP contribution < -0.4 is 14.8 Å². The Bertz CT molecular complexity index is 983. The van der Waals surface area contributed by atoms with E-state index in [2.05, 4.69) is 5.32 Å². The predicted octanol–water partition coefficient (Wildman–Crippen LogP) is 3.97. The smallest absolute Gasteiger partial charge is 0.311 e. The highest BCUT2D eigenvalue weighted by Gasteiger charge is 2.27. The number of ether oxygens (including phenoxy) is 2. The highest BCUT2D eigenvalue weighted by atomic mass is 35.5. The maximum absolute atomic E-state index is 13.1. The number of nitrogens with zero attached hydrogens (tertiary/aromatic N) is 2. The molecule has 0 aliphatic rings. The van der Waals surface area contributed by atoms with E-state index >= 15 is 0 Å². The second-order valence-corrected chi connectivity index (χ2v) is 7.96. The fraction of sp³-hybridized carbons (Fsp3) is 0.391. The molecule has 0 heterocycles. The molecule has 2 aromatic rings. The number of amides is 2. The van der Waals surface area contributed by atoms with Gasteiger partial charge < -0.3 is 19.7 Å². The lowest BCUT2D eigenvalue weighted by Crippen LogP contribution is -2.50. The van der Waals surface area contributed by atoms with E-state index < -0.39 is 16.9 Å². The summed E-state index contributed by atoms with van der Waals surface area (Å²) in [5.74, 6) is -0.448. The van der Waals surface area contributed by atoms with Crippen molar-refractivity contribution in [2.24, 2.45) is 0 Å². The minimum atomic E-state index is -0.753. The van der Waals surface area contributed by atoms with Crippen LogP contribution in [-0.4, -0.2) is 47.4 Å². The molecule has 0 aliphatic carbocycles. The molecule has 0 saturated carbocycles. The zero-order valence-electron chi connectivity index (χ0n) is 19.0. The molecule has 0 aromatic heterocycles. The average molecular weight is 478 g/mol. The van der Waals surface area contributed by atoms with E-state index in [1.165, 1.54) is 30.2 Å². The van der Waals surface area contributed by atoms with Gasteiger partial charge in [-0.3, -0.25) is 19.7 Å². The van der Waals surface area contributed by atoms with Crippen molar-refractivity contribution in [1.82, 2.24) is 10.2 Å². The van der Waals surface area contributed by atoms with Crippen LogP contribution in [0.1, 0.15) is 32.8 Å². The first-order chi connectivity index (χ1) is 15.7. The van der Waals surface area contributed by atoms with Crippen molar-refractivity contribution in [3.05, 3.63) is 63.2 Å². The van der Waals surface area contributed by atoms with Gasteiger partial charge in [-0.05, 0) is 44.0 Å². The van der Waals surface area contributed by atoms with E-state index in [9.17, 15) is 19.7 Å². The van der Waals surface area contributed by atoms with Gasteiger partial charge in [0.25, 0.3) is 5.91 Å². The maximum atomic E-state index is 13.1. The van der Waals surface area contributed by atoms with Crippen molar-refractivity contribution in [1.29, 1.82) is 0 Å². The lowest BCUT2D eigenvalue weighted by atomic mass is 10.1. The molecule has 0 aliphatic heterocycles. The molecule has 2 atom stereocenters. The molecule has 0 fully saturated rings. The number of methoxy groups -OCH3 is 1. The summed E-state index contributed by atoms with van der Waals surface area (Å²) in [6.07, 6.45) is 0.759. The van der Waals surface area contributed by atoms with Gasteiger partial charge >= 0.3 is 5.69 Å². The highest BCUT2D eigenvalue weighted by molar-refractivity contribution is 6.30. The van der Waals surface area contributed by atoms with Crippen LogP contribution >= 0.6 is 11.6 Å². The number of nitro groups is 1. The van der Waals surface area contributed by atoms with Crippen LogP contribution in [-0.2, 0) is 16.1 Å². The van der Waals surface area contributed by atoms with Crippen LogP contribution in [0.4, 0.5) is 5.69 Å². The monoisotopic (exact) mass is 477 g/mol. The molecular formula is C23H28ClN3O6. The molecule has 1 N–H and O–H groups in total. The Labute approximate surface area is 197 Å². The topological polar surface area (TPSA) is 111 Å². The predicted molar refractivity (Wildman–Crippen MR) is 125 cm³/mol. The van der Waals surface area contributed by atoms with E-state index in [0.29, 0.717) is 5.02 Å². The molecule has 10 heteroatoms. The summed E-state index contributed by atoms with van der Waals surface area (Å²) in [7, 11) is 1.31. The van der Waals surface area contributed by atoms with Gasteiger partial charge in [-0.15, -0.1) is 0 Å². The summed E-state index contributed by atoms with van der Waals surface area (Å²) in [5.41, 5.74) is 0.587. The molecule has 2 rings (SSSR count). The summed E-state index contributed by atoms with van der Waals surface area (Å²) in [6, 6.07) is 10.2. The van der Waals surface area contributed by atoms with Gasteiger partial charge in [0, 0.05) is 29.7 Å². The Morgan fingerprint density at radius 2 is 1.85 bits per heavy atom. The van der Waals surface area contributed by atoms with E-state index in [0.717, 1.165) is 12.0 Å². The molecule has 0 spiro atoms. The molecule has 2 aromatic carbocycles. The highest BCUT2D eigenvalue weighted by Crippen LogP contribution is 2.30. The standard InChI is InChI=1S/C23H28ClN3O6/c1-5-15(2)25-23(29)16(3)26(13-17-6-8-18(24)9-7-17)22(28)14-33-19-10-11-20(27(30)31)21(12-19)32-4/h6-12,15-16H,5,13-14H2,1-4H3,(H,25,29)/t15-,16-/m1/s1. The van der Waals surface area contributed by atoms with Crippen LogP contribution in [0.5, 0.6) is 11.5 Å². The Hall–Kier alpha value is -3.33. The number of carbonyl (C=O) groups excluding carboxylic acids is 2. The van der Waals surface area contributed by atoms with Crippen molar-refractivity contribution in [2.45, 2.75) is 45.8 Å². The van der Waals surface area contributed by atoms with Crippen LogP contribution in [0.3, 0.4) is 0 Å². The Morgan fingerprint density at radius 1 is 1.18 bits per heavy atom. The number of halogens is 1. The lowest BCUT2D eigenvalue weighted by Gasteiger charge is -2.29. The average Bonchev–Trinajstić information content (AvgIpc) is 2.81. The number of hydrogen-bond acceptors (Lipinski definition) is 6. The van der Waals surface area contributed by atoms with Crippen LogP contribution in [0, 0.1) is 10.1 Å². The van der Waals surface area contributed by atoms with Crippen LogP contribution in [0.25, 0.3) is 0 Å². The normalized spacial score (nSPS) is 12.4. The second kappa shape index (κ2) is 12.1. The Morgan fingerprint density at radius 3 is 2.42 bits per heavy atom. The molecule has 33 heavy (non-hydrogen) atoms. The second-order valence-electron chi connectivity index (χ2n) is 7.52. The quantitative estimate of drug-likeness (QED) is 0.387. The summed E-state index contributed by atoms with van der Waals surface area (Å²) >= 11 is 5.95. The molecule has 0 saturated heterocycles. The van der Waals surface area contributed by atoms with Gasteiger partial charge in [-0.2, -0.15) is 0 Å². The number of nitro benzene ring substituents is 1. The molecule has 2 amide bonds. The van der Waals surface area contributed by atoms with Crippen molar-refractivity contribution >= 4 is 29.1 Å². The van der Waals surface area contributed by atoms with Gasteiger partial charge in [0.15, 0.2) is 6.61 Å². The molecule has 0 radical (unpaired) electrons. The van der Waals surface area contributed by atoms with Gasteiger partial charge in [-0.25, -0.2) is 0 Å². The fourth-order valence-electron chi connectivity index (χ4n) is 2.96. The third-order valence-corrected chi connectivity index (χ3v) is 5.40. The molecule has 0 bridgehead atoms. The molecule has 9 nitrogen and oxygen atoms in total. The third-order valence-electron chi connectivity index (χ3n) is 5.14. The maximum Gasteiger partial charge on any atom is 0.311 e. The van der Waals surface area contributed by atoms with Crippen molar-refractivity contribution in [3.63, 3.8) is 0 Å². The van der Waals surface area contributed by atoms with Crippen molar-refractivity contribution in [3.8, 4) is 11.5 Å². The van der Waals surface area contributed by atoms with Gasteiger partial charge in [0.1, 0.15) is 11.8 Å². The van der Waals surface area contributed by atoms with Gasteiger partial charge in [-0.1, -0.05) is 30.7 Å². The SMILES string of the molecule is CC[C@@H](C)NC(=O)[C@@H](C)N(Cc1ccc(Cl)cc1)C(=O)COc1ccc([N+](=O)[O-])c(OC)c1. The summed E-state index contributed by atoms with van der Waals surface area (Å²) in [5, 5.41) is 14.5. The number of nitrogens with one attached hydrogen (secondary N) is 1. The largest absolute Gasteiger partial charge is 0.490 e. The number of hydrogen-bond donors (Lipinski definition) is 1. The van der Waals surface area contributed by atoms with E-state index in [1.807, 2.05) is 13.8 Å². The zero-order chi connectivity index (χ0) is 24.5. The van der Waals surface area contributed by atoms with Gasteiger partial charge in [0.05, 0.1) is 12.0 Å². The van der Waals surface area contributed by atoms with E-state index in [-0.39, 0.29) is 42.3 Å². The number of benzene rings is 2. The lowest BCUT2D eigenvalue weighted by molar-refractivity contribution is -0.385. The van der Waals surface area contributed by atoms with Crippen molar-refractivity contribution < 1.29 is 24.0 Å². The first kappa shape index (κ1) is 25.9. The van der Waals surface area contributed by atoms with Crippen molar-refractivity contribution in [2.75, 3.05) is 13.7 Å². The van der Waals surface area contributed by atoms with Gasteiger partial charge in [0.2, 0.25) is 11.7 Å². The molecule has 178 valence electrons. The first-order valence-electron chi connectivity index (χ1n) is 10.5. The summed E-state index contributed by atoms with van der Waals surface area (Å²) in [4.78, 5) is 37.7. The van der Waals surface area contributed by atoms with E-state index in [1.54, 1.807) is 31.2 Å². The minimum Gasteiger partial charge on any atom is -0.490 e.